The maximum atomic E-state index is 12.0. The fraction of sp³-hybridized carbons (Fsp3) is 0.269. The van der Waals surface area contributed by atoms with E-state index < -0.39 is 0 Å². The lowest BCUT2D eigenvalue weighted by Crippen LogP contribution is -2.08. The predicted octanol–water partition coefficient (Wildman–Crippen LogP) is 5.28. The summed E-state index contributed by atoms with van der Waals surface area (Å²) in [4.78, 5) is 12.0. The number of aryl methyl sites for hydroxylation is 2. The third-order valence-corrected chi connectivity index (χ3v) is 4.95. The van der Waals surface area contributed by atoms with Gasteiger partial charge >= 0.3 is 5.97 Å². The van der Waals surface area contributed by atoms with Crippen molar-refractivity contribution in [3.8, 4) is 5.75 Å². The number of hydrogen-bond donors (Lipinski definition) is 0. The Bertz CT molecular complexity index is 962. The molecule has 0 spiro atoms. The van der Waals surface area contributed by atoms with Crippen LogP contribution in [0.5, 0.6) is 5.75 Å². The van der Waals surface area contributed by atoms with Crippen molar-refractivity contribution in [2.24, 2.45) is 0 Å². The molecule has 3 rings (SSSR count). The lowest BCUT2D eigenvalue weighted by Gasteiger charge is -2.15. The van der Waals surface area contributed by atoms with E-state index in [1.165, 1.54) is 22.3 Å². The van der Waals surface area contributed by atoms with Gasteiger partial charge in [-0.3, -0.25) is 0 Å². The number of carbonyl (C=O) groups is 1. The Balaban J connectivity index is 1.59. The van der Waals surface area contributed by atoms with Crippen LogP contribution in [-0.4, -0.2) is 26.5 Å². The Labute approximate surface area is 178 Å². The van der Waals surface area contributed by atoms with E-state index in [-0.39, 0.29) is 12.8 Å². The average Bonchev–Trinajstić information content (AvgIpc) is 2.76. The smallest absolute Gasteiger partial charge is 0.338 e. The third kappa shape index (κ3) is 5.94. The molecule has 0 unspecified atom stereocenters. The summed E-state index contributed by atoms with van der Waals surface area (Å²) in [6.07, 6.45) is 1.47. The van der Waals surface area contributed by atoms with Crippen LogP contribution in [0.3, 0.4) is 0 Å². The van der Waals surface area contributed by atoms with Gasteiger partial charge in [0.25, 0.3) is 0 Å². The molecule has 3 aromatic rings. The molecule has 4 nitrogen and oxygen atoms in total. The van der Waals surface area contributed by atoms with Crippen LogP contribution >= 0.6 is 0 Å². The number of ether oxygens (including phenoxy) is 3. The van der Waals surface area contributed by atoms with Gasteiger partial charge in [-0.25, -0.2) is 4.79 Å². The fourth-order valence-electron chi connectivity index (χ4n) is 3.38. The molecule has 0 amide bonds. The molecule has 156 valence electrons. The fourth-order valence-corrected chi connectivity index (χ4v) is 3.38. The molecule has 0 radical (unpaired) electrons. The zero-order valence-electron chi connectivity index (χ0n) is 17.8. The van der Waals surface area contributed by atoms with Crippen molar-refractivity contribution >= 4 is 5.97 Å². The molecule has 0 N–H and O–H groups in total. The first kappa shape index (κ1) is 21.6. The molecule has 0 saturated heterocycles. The maximum absolute atomic E-state index is 12.0. The van der Waals surface area contributed by atoms with Gasteiger partial charge in [-0.2, -0.15) is 0 Å². The molecule has 0 aromatic heterocycles. The van der Waals surface area contributed by atoms with Crippen molar-refractivity contribution in [1.82, 2.24) is 0 Å². The van der Waals surface area contributed by atoms with E-state index in [1.807, 2.05) is 18.2 Å². The lowest BCUT2D eigenvalue weighted by atomic mass is 9.97. The number of esters is 1. The quantitative estimate of drug-likeness (QED) is 0.360. The van der Waals surface area contributed by atoms with Crippen molar-refractivity contribution in [1.29, 1.82) is 0 Å². The molecule has 3 aromatic carbocycles. The first-order valence-corrected chi connectivity index (χ1v) is 10.1. The van der Waals surface area contributed by atoms with Crippen molar-refractivity contribution in [2.75, 3.05) is 20.5 Å². The van der Waals surface area contributed by atoms with E-state index in [0.29, 0.717) is 18.6 Å². The minimum absolute atomic E-state index is 0.233. The van der Waals surface area contributed by atoms with Gasteiger partial charge in [0.05, 0.1) is 12.2 Å². The van der Waals surface area contributed by atoms with Gasteiger partial charge < -0.3 is 14.2 Å². The molecule has 0 aliphatic rings. The Hall–Kier alpha value is -3.11. The molecule has 0 heterocycles. The van der Waals surface area contributed by atoms with Crippen LogP contribution < -0.4 is 4.74 Å². The van der Waals surface area contributed by atoms with Crippen LogP contribution in [0.4, 0.5) is 0 Å². The number of carbonyl (C=O) groups excluding carboxylic acids is 1. The Morgan fingerprint density at radius 2 is 1.60 bits per heavy atom. The standard InChI is InChI=1S/C26H28O4/c1-19-15-20(2)24(25(16-19)30-18-28-3)17-22-11-9-21(10-12-22)13-14-29-26(27)23-7-5-4-6-8-23/h4-12,15-16H,13-14,17-18H2,1-3H3. The molecular weight excluding hydrogens is 376 g/mol. The van der Waals surface area contributed by atoms with Gasteiger partial charge in [-0.15, -0.1) is 0 Å². The van der Waals surface area contributed by atoms with Crippen LogP contribution in [0.1, 0.15) is 38.2 Å². The van der Waals surface area contributed by atoms with Crippen molar-refractivity contribution in [3.05, 3.63) is 100 Å². The topological polar surface area (TPSA) is 44.8 Å². The highest BCUT2D eigenvalue weighted by Gasteiger charge is 2.10. The largest absolute Gasteiger partial charge is 0.467 e. The maximum Gasteiger partial charge on any atom is 0.338 e. The summed E-state index contributed by atoms with van der Waals surface area (Å²) in [5.41, 5.74) is 6.46. The van der Waals surface area contributed by atoms with Crippen LogP contribution in [0.15, 0.2) is 66.7 Å². The number of rotatable bonds is 9. The van der Waals surface area contributed by atoms with Crippen LogP contribution in [0.25, 0.3) is 0 Å². The summed E-state index contributed by atoms with van der Waals surface area (Å²) >= 11 is 0. The second kappa shape index (κ2) is 10.6. The molecule has 0 aliphatic heterocycles. The third-order valence-electron chi connectivity index (χ3n) is 4.95. The van der Waals surface area contributed by atoms with Gasteiger partial charge in [0, 0.05) is 25.5 Å². The van der Waals surface area contributed by atoms with Gasteiger partial charge in [-0.05, 0) is 54.3 Å². The normalized spacial score (nSPS) is 10.6. The average molecular weight is 405 g/mol. The Morgan fingerprint density at radius 1 is 0.900 bits per heavy atom. The van der Waals surface area contributed by atoms with E-state index in [2.05, 4.69) is 50.2 Å². The lowest BCUT2D eigenvalue weighted by molar-refractivity contribution is 0.0502. The van der Waals surface area contributed by atoms with Crippen LogP contribution in [0, 0.1) is 13.8 Å². The highest BCUT2D eigenvalue weighted by atomic mass is 16.7. The Morgan fingerprint density at radius 3 is 2.30 bits per heavy atom. The molecule has 0 aliphatic carbocycles. The van der Waals surface area contributed by atoms with Crippen molar-refractivity contribution < 1.29 is 19.0 Å². The van der Waals surface area contributed by atoms with Gasteiger partial charge in [0.1, 0.15) is 5.75 Å². The number of benzene rings is 3. The number of methoxy groups -OCH3 is 1. The molecular formula is C26H28O4. The van der Waals surface area contributed by atoms with Gasteiger partial charge in [0.15, 0.2) is 6.79 Å². The number of hydrogen-bond acceptors (Lipinski definition) is 4. The molecule has 0 fully saturated rings. The molecule has 0 atom stereocenters. The minimum atomic E-state index is -0.286. The molecule has 30 heavy (non-hydrogen) atoms. The molecule has 0 bridgehead atoms. The van der Waals surface area contributed by atoms with Crippen molar-refractivity contribution in [3.63, 3.8) is 0 Å². The van der Waals surface area contributed by atoms with Crippen LogP contribution in [0.2, 0.25) is 0 Å². The van der Waals surface area contributed by atoms with E-state index in [1.54, 1.807) is 19.2 Å². The first-order valence-electron chi connectivity index (χ1n) is 10.1. The van der Waals surface area contributed by atoms with E-state index in [9.17, 15) is 4.79 Å². The summed E-state index contributed by atoms with van der Waals surface area (Å²) in [6, 6.07) is 21.7. The summed E-state index contributed by atoms with van der Waals surface area (Å²) < 4.78 is 16.2. The van der Waals surface area contributed by atoms with Gasteiger partial charge in [0.2, 0.25) is 0 Å². The van der Waals surface area contributed by atoms with E-state index >= 15 is 0 Å². The minimum Gasteiger partial charge on any atom is -0.467 e. The second-order valence-electron chi connectivity index (χ2n) is 7.35. The zero-order chi connectivity index (χ0) is 21.3. The first-order chi connectivity index (χ1) is 14.6. The van der Waals surface area contributed by atoms with Gasteiger partial charge in [-0.1, -0.05) is 48.5 Å². The SMILES string of the molecule is COCOc1cc(C)cc(C)c1Cc1ccc(CCOC(=O)c2ccccc2)cc1. The van der Waals surface area contributed by atoms with Crippen LogP contribution in [-0.2, 0) is 22.3 Å². The predicted molar refractivity (Wildman–Crippen MR) is 118 cm³/mol. The zero-order valence-corrected chi connectivity index (χ0v) is 17.8. The monoisotopic (exact) mass is 404 g/mol. The molecule has 0 saturated carbocycles. The summed E-state index contributed by atoms with van der Waals surface area (Å²) in [7, 11) is 1.62. The second-order valence-corrected chi connectivity index (χ2v) is 7.35. The highest BCUT2D eigenvalue weighted by Crippen LogP contribution is 2.27. The van der Waals surface area contributed by atoms with E-state index in [0.717, 1.165) is 17.7 Å². The highest BCUT2D eigenvalue weighted by molar-refractivity contribution is 5.89. The Kier molecular flexibility index (Phi) is 7.63. The molecule has 4 heteroatoms. The summed E-state index contributed by atoms with van der Waals surface area (Å²) in [6.45, 7) is 4.77. The van der Waals surface area contributed by atoms with E-state index in [4.69, 9.17) is 14.2 Å². The summed E-state index contributed by atoms with van der Waals surface area (Å²) in [5, 5.41) is 0. The van der Waals surface area contributed by atoms with Crippen molar-refractivity contribution in [2.45, 2.75) is 26.7 Å². The summed E-state index contributed by atoms with van der Waals surface area (Å²) in [5.74, 6) is 0.580.